The van der Waals surface area contributed by atoms with Crippen LogP contribution < -0.4 is 5.32 Å². The average Bonchev–Trinajstić information content (AvgIpc) is 2.26. The average molecular weight is 319 g/mol. The molecule has 0 spiro atoms. The summed E-state index contributed by atoms with van der Waals surface area (Å²) in [7, 11) is 0. The maximum atomic E-state index is 6.14. The van der Waals surface area contributed by atoms with E-state index < -0.39 is 0 Å². The van der Waals surface area contributed by atoms with Crippen LogP contribution in [0.4, 0.5) is 5.69 Å². The summed E-state index contributed by atoms with van der Waals surface area (Å²) in [6.07, 6.45) is 5.06. The predicted molar refractivity (Wildman–Crippen MR) is 81.1 cm³/mol. The van der Waals surface area contributed by atoms with Gasteiger partial charge in [-0.1, -0.05) is 37.8 Å². The first-order valence-corrected chi connectivity index (χ1v) is 7.44. The summed E-state index contributed by atoms with van der Waals surface area (Å²) in [5, 5.41) is 4.32. The molecule has 0 aliphatic heterocycles. The molecule has 0 aromatic heterocycles. The monoisotopic (exact) mass is 317 g/mol. The van der Waals surface area contributed by atoms with Crippen LogP contribution in [0.15, 0.2) is 16.6 Å². The molecule has 1 rings (SSSR count). The third-order valence-corrected chi connectivity index (χ3v) is 3.95. The molecule has 1 unspecified atom stereocenters. The van der Waals surface area contributed by atoms with Crippen LogP contribution in [0.3, 0.4) is 0 Å². The van der Waals surface area contributed by atoms with E-state index in [2.05, 4.69) is 41.2 Å². The molecule has 17 heavy (non-hydrogen) atoms. The first-order chi connectivity index (χ1) is 8.04. The van der Waals surface area contributed by atoms with Crippen LogP contribution in [0.5, 0.6) is 0 Å². The van der Waals surface area contributed by atoms with Crippen molar-refractivity contribution in [3.63, 3.8) is 0 Å². The summed E-state index contributed by atoms with van der Waals surface area (Å²) in [5.74, 6) is 0. The largest absolute Gasteiger partial charge is 0.382 e. The van der Waals surface area contributed by atoms with E-state index in [4.69, 9.17) is 11.6 Å². The minimum absolute atomic E-state index is 0.483. The predicted octanol–water partition coefficient (Wildman–Crippen LogP) is 5.79. The van der Waals surface area contributed by atoms with Crippen molar-refractivity contribution in [1.82, 2.24) is 0 Å². The van der Waals surface area contributed by atoms with Gasteiger partial charge in [0.15, 0.2) is 0 Å². The molecule has 0 bridgehead atoms. The van der Waals surface area contributed by atoms with Gasteiger partial charge in [-0.05, 0) is 53.9 Å². The second-order valence-electron chi connectivity index (χ2n) is 4.62. The summed E-state index contributed by atoms with van der Waals surface area (Å²) in [5.41, 5.74) is 2.19. The van der Waals surface area contributed by atoms with Gasteiger partial charge in [0.05, 0.1) is 5.69 Å². The van der Waals surface area contributed by atoms with Gasteiger partial charge in [-0.25, -0.2) is 0 Å². The molecular formula is C14H21BrClN. The molecule has 0 aliphatic rings. The molecule has 1 nitrogen and oxygen atoms in total. The third-order valence-electron chi connectivity index (χ3n) is 2.89. The lowest BCUT2D eigenvalue weighted by Crippen LogP contribution is -2.15. The van der Waals surface area contributed by atoms with Crippen LogP contribution in [0.2, 0.25) is 5.02 Å². The van der Waals surface area contributed by atoms with Crippen molar-refractivity contribution < 1.29 is 0 Å². The lowest BCUT2D eigenvalue weighted by atomic mass is 10.1. The van der Waals surface area contributed by atoms with Crippen LogP contribution in [-0.2, 0) is 0 Å². The fraction of sp³-hybridized carbons (Fsp3) is 0.571. The zero-order valence-corrected chi connectivity index (χ0v) is 13.2. The highest BCUT2D eigenvalue weighted by Gasteiger charge is 2.07. The zero-order valence-electron chi connectivity index (χ0n) is 10.8. The molecule has 1 N–H and O–H groups in total. The lowest BCUT2D eigenvalue weighted by molar-refractivity contribution is 0.615. The number of unbranched alkanes of at least 4 members (excludes halogenated alkanes) is 2. The number of rotatable bonds is 6. The lowest BCUT2D eigenvalue weighted by Gasteiger charge is -2.17. The summed E-state index contributed by atoms with van der Waals surface area (Å²) in [6, 6.07) is 4.54. The Labute approximate surface area is 118 Å². The number of halogens is 2. The summed E-state index contributed by atoms with van der Waals surface area (Å²) < 4.78 is 1.08. The van der Waals surface area contributed by atoms with E-state index in [1.165, 1.54) is 25.7 Å². The van der Waals surface area contributed by atoms with Crippen LogP contribution in [0.1, 0.15) is 45.1 Å². The Morgan fingerprint density at radius 3 is 2.71 bits per heavy atom. The Morgan fingerprint density at radius 2 is 2.06 bits per heavy atom. The summed E-state index contributed by atoms with van der Waals surface area (Å²) in [6.45, 7) is 6.46. The molecule has 96 valence electrons. The van der Waals surface area contributed by atoms with Gasteiger partial charge in [0.1, 0.15) is 0 Å². The van der Waals surface area contributed by atoms with Crippen molar-refractivity contribution >= 4 is 33.2 Å². The summed E-state index contributed by atoms with van der Waals surface area (Å²) >= 11 is 9.71. The van der Waals surface area contributed by atoms with Crippen LogP contribution in [-0.4, -0.2) is 6.04 Å². The van der Waals surface area contributed by atoms with Crippen LogP contribution in [0, 0.1) is 6.92 Å². The molecule has 1 atom stereocenters. The normalized spacial score (nSPS) is 12.5. The van der Waals surface area contributed by atoms with Gasteiger partial charge in [-0.3, -0.25) is 0 Å². The van der Waals surface area contributed by atoms with Gasteiger partial charge in [0, 0.05) is 15.5 Å². The molecule has 1 aromatic rings. The Hall–Kier alpha value is -0.210. The first kappa shape index (κ1) is 14.8. The number of anilines is 1. The van der Waals surface area contributed by atoms with Crippen molar-refractivity contribution in [2.45, 2.75) is 52.5 Å². The molecule has 0 saturated heterocycles. The van der Waals surface area contributed by atoms with E-state index in [0.29, 0.717) is 6.04 Å². The van der Waals surface area contributed by atoms with Crippen LogP contribution >= 0.6 is 27.5 Å². The molecule has 0 heterocycles. The van der Waals surface area contributed by atoms with Gasteiger partial charge in [-0.2, -0.15) is 0 Å². The van der Waals surface area contributed by atoms with Gasteiger partial charge in [0.2, 0.25) is 0 Å². The first-order valence-electron chi connectivity index (χ1n) is 6.26. The number of hydrogen-bond donors (Lipinski definition) is 1. The minimum atomic E-state index is 0.483. The smallest absolute Gasteiger partial charge is 0.0501 e. The second-order valence-corrected chi connectivity index (χ2v) is 5.88. The third kappa shape index (κ3) is 4.89. The summed E-state index contributed by atoms with van der Waals surface area (Å²) in [4.78, 5) is 0. The zero-order chi connectivity index (χ0) is 12.8. The molecule has 0 radical (unpaired) electrons. The van der Waals surface area contributed by atoms with Crippen molar-refractivity contribution in [2.75, 3.05) is 5.32 Å². The SMILES string of the molecule is CCCCCC(C)Nc1cc(Cl)c(C)cc1Br. The Bertz CT molecular complexity index is 365. The van der Waals surface area contributed by atoms with Gasteiger partial charge in [0.25, 0.3) is 0 Å². The van der Waals surface area contributed by atoms with Crippen LogP contribution in [0.25, 0.3) is 0 Å². The molecule has 0 saturated carbocycles. The Balaban J connectivity index is 2.58. The molecular weight excluding hydrogens is 298 g/mol. The fourth-order valence-electron chi connectivity index (χ4n) is 1.80. The maximum Gasteiger partial charge on any atom is 0.0501 e. The number of hydrogen-bond acceptors (Lipinski definition) is 1. The molecule has 3 heteroatoms. The van der Waals surface area contributed by atoms with Gasteiger partial charge < -0.3 is 5.32 Å². The molecule has 0 aliphatic carbocycles. The quantitative estimate of drug-likeness (QED) is 0.654. The van der Waals surface area contributed by atoms with E-state index in [-0.39, 0.29) is 0 Å². The Kier molecular flexibility index (Phi) is 6.35. The molecule has 1 aromatic carbocycles. The second kappa shape index (κ2) is 7.27. The highest BCUT2D eigenvalue weighted by Crippen LogP contribution is 2.29. The van der Waals surface area contributed by atoms with Crippen molar-refractivity contribution in [2.24, 2.45) is 0 Å². The van der Waals surface area contributed by atoms with E-state index in [0.717, 1.165) is 20.7 Å². The van der Waals surface area contributed by atoms with Crippen molar-refractivity contribution in [1.29, 1.82) is 0 Å². The highest BCUT2D eigenvalue weighted by atomic mass is 79.9. The number of benzene rings is 1. The number of aryl methyl sites for hydroxylation is 1. The minimum Gasteiger partial charge on any atom is -0.382 e. The molecule has 0 amide bonds. The number of nitrogens with one attached hydrogen (secondary N) is 1. The van der Waals surface area contributed by atoms with E-state index in [1.807, 2.05) is 13.0 Å². The maximum absolute atomic E-state index is 6.14. The van der Waals surface area contributed by atoms with E-state index >= 15 is 0 Å². The van der Waals surface area contributed by atoms with Crippen molar-refractivity contribution in [3.8, 4) is 0 Å². The Morgan fingerprint density at radius 1 is 1.35 bits per heavy atom. The fourth-order valence-corrected chi connectivity index (χ4v) is 2.53. The van der Waals surface area contributed by atoms with Gasteiger partial charge in [-0.15, -0.1) is 0 Å². The van der Waals surface area contributed by atoms with E-state index in [1.54, 1.807) is 0 Å². The van der Waals surface area contributed by atoms with Gasteiger partial charge >= 0.3 is 0 Å². The van der Waals surface area contributed by atoms with Crippen molar-refractivity contribution in [3.05, 3.63) is 27.2 Å². The standard InChI is InChI=1S/C14H21BrClN/c1-4-5-6-7-11(3)17-14-9-13(16)10(2)8-12(14)15/h8-9,11,17H,4-7H2,1-3H3. The van der Waals surface area contributed by atoms with E-state index in [9.17, 15) is 0 Å². The highest BCUT2D eigenvalue weighted by molar-refractivity contribution is 9.10. The topological polar surface area (TPSA) is 12.0 Å². The molecule has 0 fully saturated rings.